The van der Waals surface area contributed by atoms with Crippen molar-refractivity contribution >= 4 is 38.9 Å². The van der Waals surface area contributed by atoms with E-state index in [0.29, 0.717) is 0 Å². The summed E-state index contributed by atoms with van der Waals surface area (Å²) in [5.74, 6) is 0. The maximum absolute atomic E-state index is 9.92. The van der Waals surface area contributed by atoms with Crippen molar-refractivity contribution in [1.82, 2.24) is 4.57 Å². The molecule has 0 saturated heterocycles. The Bertz CT molecular complexity index is 5650. The minimum atomic E-state index is -1.43. The predicted molar refractivity (Wildman–Crippen MR) is 267 cm³/mol. The molecule has 1 heterocycles. The number of anilines is 3. The fraction of sp³-hybridized carbons (Fsp3) is 0.0164. The molecular formula is C61H44N2. The van der Waals surface area contributed by atoms with Crippen molar-refractivity contribution < 1.29 is 56.2 Å². The normalized spacial score (nSPS) is 20.3. The minimum Gasteiger partial charge on any atom is -0.336 e. The van der Waals surface area contributed by atoms with Crippen LogP contribution in [0.15, 0.2) is 254 Å². The molecule has 0 aliphatic heterocycles. The summed E-state index contributed by atoms with van der Waals surface area (Å²) in [4.78, 5) is 0.211. The van der Waals surface area contributed by atoms with Gasteiger partial charge in [0.25, 0.3) is 0 Å². The predicted octanol–water partition coefficient (Wildman–Crippen LogP) is 16.6. The van der Waals surface area contributed by atoms with Gasteiger partial charge < -0.3 is 9.47 Å². The van der Waals surface area contributed by atoms with Crippen LogP contribution in [-0.2, 0) is 6.54 Å². The Labute approximate surface area is 426 Å². The Morgan fingerprint density at radius 1 is 0.317 bits per heavy atom. The lowest BCUT2D eigenvalue weighted by atomic mass is 9.94. The van der Waals surface area contributed by atoms with Crippen LogP contribution < -0.4 is 4.90 Å². The molecule has 0 radical (unpaired) electrons. The molecule has 0 N–H and O–H groups in total. The summed E-state index contributed by atoms with van der Waals surface area (Å²) < 4.78 is 372. The molecule has 11 rings (SSSR count). The van der Waals surface area contributed by atoms with Crippen LogP contribution in [-0.4, -0.2) is 4.57 Å². The number of fused-ring (bicyclic) bond motifs is 3. The van der Waals surface area contributed by atoms with Gasteiger partial charge in [0, 0.05) is 45.4 Å². The highest BCUT2D eigenvalue weighted by Gasteiger charge is 2.17. The molecule has 0 fully saturated rings. The molecule has 0 saturated carbocycles. The number of benzene rings is 10. The number of rotatable bonds is 10. The lowest BCUT2D eigenvalue weighted by molar-refractivity contribution is 0.869. The van der Waals surface area contributed by atoms with E-state index in [2.05, 4.69) is 0 Å². The van der Waals surface area contributed by atoms with Crippen molar-refractivity contribution in [2.45, 2.75) is 6.54 Å². The highest BCUT2D eigenvalue weighted by atomic mass is 15.1. The zero-order valence-electron chi connectivity index (χ0n) is 72.7. The standard InChI is InChI=1S/C61H44N2/c1-4-16-45(17-5-1)47-27-34-53(35-28-47)63(55-38-31-50(32-39-55)57-24-11-10-23-56(57)49-20-8-3-9-21-49)54-36-29-48(30-37-54)52-33-40-61-59(42-52)58-25-12-13-26-60(58)62(61)43-44-15-14-22-51(41-44)46-18-6-2-7-19-46/h1-42H,43H2/i1D,2D,3D,4D,5D,6D,7D,8D,9D,10D,11D,12D,13D,14D,15D,16D,18D,19D,20D,21D,22D,23D,24D,25D,26D,27D,28D,29D,30D,31D,32D,33D,34D,35D,36D,37D,38D,39D,40D,41D,42D. The molecule has 63 heavy (non-hydrogen) atoms. The summed E-state index contributed by atoms with van der Waals surface area (Å²) in [5, 5.41) is -1.35. The number of hydrogen-bond donors (Lipinski definition) is 0. The maximum atomic E-state index is 9.92. The van der Waals surface area contributed by atoms with E-state index in [0.717, 1.165) is 10.6 Å². The highest BCUT2D eigenvalue weighted by Crippen LogP contribution is 2.40. The number of hydrogen-bond acceptors (Lipinski definition) is 1. The van der Waals surface area contributed by atoms with E-state index in [4.69, 9.17) is 31.5 Å². The SMILES string of the molecule is [2H]c1cc(-c2c([2H])c([2H])c(N(c3c([2H])c([2H])c(-c4c([2H])c([2H])c([2H])c([2H])c4-c4c([2H])c([2H])c([2H])c([2H])c4[2H])c([2H])c3[2H])c3c([2H])c([2H])c(-c4c([2H])c([2H])c5c(c4[2H])c4c([2H])c([2H])c([2H])c([2H])c4n5Cc4c([2H])c([2H])c([2H])c(-c5c([2H])c([2H])c([2H])c([2H])c5[2H])c4[2H])c([2H])c3[2H])c([2H])c2[2H])c([2H])c([2H])c1[2H]. The largest absolute Gasteiger partial charge is 0.336 e. The van der Waals surface area contributed by atoms with E-state index in [1.54, 1.807) is 0 Å². The lowest BCUT2D eigenvalue weighted by Gasteiger charge is -2.26. The van der Waals surface area contributed by atoms with Crippen molar-refractivity contribution in [1.29, 1.82) is 0 Å². The smallest absolute Gasteiger partial charge is 0.0645 e. The van der Waals surface area contributed by atoms with Crippen LogP contribution in [0.2, 0.25) is 0 Å². The molecular weight excluding hydrogens is 761 g/mol. The molecule has 11 aromatic rings. The molecule has 2 heteroatoms. The average molecular weight is 846 g/mol. The van der Waals surface area contributed by atoms with Crippen LogP contribution in [0.3, 0.4) is 0 Å². The van der Waals surface area contributed by atoms with Gasteiger partial charge in [0.1, 0.15) is 0 Å². The van der Waals surface area contributed by atoms with Gasteiger partial charge in [0.15, 0.2) is 0 Å². The topological polar surface area (TPSA) is 8.17 Å². The fourth-order valence-electron chi connectivity index (χ4n) is 6.44. The van der Waals surface area contributed by atoms with E-state index >= 15 is 0 Å². The molecule has 1 aromatic heterocycles. The van der Waals surface area contributed by atoms with Crippen molar-refractivity contribution in [3.63, 3.8) is 0 Å². The van der Waals surface area contributed by atoms with E-state index in [1.807, 2.05) is 0 Å². The Kier molecular flexibility index (Phi) is 3.75. The Morgan fingerprint density at radius 3 is 1.43 bits per heavy atom. The Morgan fingerprint density at radius 2 is 0.762 bits per heavy atom. The van der Waals surface area contributed by atoms with Crippen molar-refractivity contribution in [3.8, 4) is 55.6 Å². The second-order valence-electron chi connectivity index (χ2n) is 13.0. The number of aromatic nitrogens is 1. The lowest BCUT2D eigenvalue weighted by Crippen LogP contribution is -2.09. The molecule has 0 aliphatic carbocycles. The van der Waals surface area contributed by atoms with Crippen LogP contribution in [0.1, 0.15) is 61.8 Å². The first-order valence-electron chi connectivity index (χ1n) is 38.9. The summed E-state index contributed by atoms with van der Waals surface area (Å²) in [6.45, 7) is -1.03. The quantitative estimate of drug-likeness (QED) is 0.133. The van der Waals surface area contributed by atoms with E-state index in [-0.39, 0.29) is 4.90 Å². The van der Waals surface area contributed by atoms with Crippen molar-refractivity contribution in [3.05, 3.63) is 259 Å². The Hall–Kier alpha value is -8.20. The van der Waals surface area contributed by atoms with Crippen LogP contribution in [0, 0.1) is 0 Å². The first kappa shape index (κ1) is 14.2. The first-order valence-corrected chi connectivity index (χ1v) is 18.4. The third-order valence-electron chi connectivity index (χ3n) is 9.25. The molecule has 0 atom stereocenters. The second kappa shape index (κ2) is 16.7. The van der Waals surface area contributed by atoms with Gasteiger partial charge in [0.05, 0.1) is 56.2 Å². The van der Waals surface area contributed by atoms with E-state index in [1.165, 1.54) is 0 Å². The summed E-state index contributed by atoms with van der Waals surface area (Å²) in [6.07, 6.45) is 0. The van der Waals surface area contributed by atoms with Gasteiger partial charge in [-0.1, -0.05) is 193 Å². The van der Waals surface area contributed by atoms with Crippen molar-refractivity contribution in [2.24, 2.45) is 0 Å². The van der Waals surface area contributed by atoms with Gasteiger partial charge in [-0.2, -0.15) is 0 Å². The van der Waals surface area contributed by atoms with E-state index < -0.39 is 354 Å². The van der Waals surface area contributed by atoms with Gasteiger partial charge in [-0.25, -0.2) is 0 Å². The molecule has 0 aliphatic rings. The molecule has 0 unspecified atom stereocenters. The fourth-order valence-corrected chi connectivity index (χ4v) is 6.44. The monoisotopic (exact) mass is 846 g/mol. The molecule has 0 amide bonds. The summed E-state index contributed by atoms with van der Waals surface area (Å²) in [6, 6.07) is -43.8. The van der Waals surface area contributed by atoms with Crippen molar-refractivity contribution in [2.75, 3.05) is 4.90 Å². The van der Waals surface area contributed by atoms with Gasteiger partial charge in [0.2, 0.25) is 0 Å². The number of nitrogens with zero attached hydrogens (tertiary/aromatic N) is 2. The molecule has 298 valence electrons. The van der Waals surface area contributed by atoms with Crippen LogP contribution >= 0.6 is 0 Å². The summed E-state index contributed by atoms with van der Waals surface area (Å²) in [5.41, 5.74) is -14.8. The van der Waals surface area contributed by atoms with Crippen LogP contribution in [0.4, 0.5) is 17.1 Å². The zero-order valence-corrected chi connectivity index (χ0v) is 31.7. The van der Waals surface area contributed by atoms with Gasteiger partial charge in [-0.05, 0) is 122 Å². The minimum absolute atomic E-state index is 0.211. The number of para-hydroxylation sites is 1. The summed E-state index contributed by atoms with van der Waals surface area (Å²) >= 11 is 0. The Balaban J connectivity index is 1.24. The third kappa shape index (κ3) is 7.49. The molecule has 10 aromatic carbocycles. The molecule has 0 spiro atoms. The van der Waals surface area contributed by atoms with Gasteiger partial charge in [-0.15, -0.1) is 0 Å². The molecule has 2 nitrogen and oxygen atoms in total. The van der Waals surface area contributed by atoms with E-state index in [9.17, 15) is 24.7 Å². The summed E-state index contributed by atoms with van der Waals surface area (Å²) in [7, 11) is 0. The highest BCUT2D eigenvalue weighted by molar-refractivity contribution is 6.09. The maximum Gasteiger partial charge on any atom is 0.0645 e. The third-order valence-corrected chi connectivity index (χ3v) is 9.25. The van der Waals surface area contributed by atoms with Crippen LogP contribution in [0.25, 0.3) is 77.4 Å². The van der Waals surface area contributed by atoms with Crippen LogP contribution in [0.5, 0.6) is 0 Å². The zero-order chi connectivity index (χ0) is 77.6. The van der Waals surface area contributed by atoms with Gasteiger partial charge >= 0.3 is 0 Å². The molecule has 0 bridgehead atoms. The first-order chi connectivity index (χ1) is 48.3. The second-order valence-corrected chi connectivity index (χ2v) is 13.0. The van der Waals surface area contributed by atoms with Gasteiger partial charge in [-0.3, -0.25) is 0 Å². The average Bonchev–Trinajstić information content (AvgIpc) is 1.08.